The van der Waals surface area contributed by atoms with Crippen LogP contribution in [0.15, 0.2) is 53.5 Å². The molecule has 4 aromatic rings. The summed E-state index contributed by atoms with van der Waals surface area (Å²) >= 11 is 0. The summed E-state index contributed by atoms with van der Waals surface area (Å²) in [6.45, 7) is 1.32. The molecule has 1 aromatic carbocycles. The molecule has 5 rings (SSSR count). The third-order valence-electron chi connectivity index (χ3n) is 5.70. The zero-order valence-electron chi connectivity index (χ0n) is 16.7. The van der Waals surface area contributed by atoms with Crippen molar-refractivity contribution in [2.24, 2.45) is 7.05 Å². The van der Waals surface area contributed by atoms with Gasteiger partial charge in [-0.2, -0.15) is 0 Å². The van der Waals surface area contributed by atoms with Crippen LogP contribution in [0.5, 0.6) is 0 Å². The molecule has 0 aliphatic carbocycles. The monoisotopic (exact) mass is 402 g/mol. The lowest BCUT2D eigenvalue weighted by atomic mass is 10.1. The number of likely N-dealkylation sites (tertiary alicyclic amines) is 1. The highest BCUT2D eigenvalue weighted by molar-refractivity contribution is 5.85. The maximum atomic E-state index is 12.8. The van der Waals surface area contributed by atoms with Crippen LogP contribution in [0.3, 0.4) is 0 Å². The minimum absolute atomic E-state index is 0.0597. The number of hydrogen-bond acceptors (Lipinski definition) is 6. The van der Waals surface area contributed by atoms with E-state index >= 15 is 0 Å². The molecule has 1 aliphatic rings. The molecule has 4 heterocycles. The number of nitrogens with zero attached hydrogens (tertiary/aromatic N) is 6. The van der Waals surface area contributed by atoms with Crippen LogP contribution in [0, 0.1) is 0 Å². The lowest BCUT2D eigenvalue weighted by Crippen LogP contribution is -2.28. The SMILES string of the molecule is Cn1cc(CCC(=O)N2CC[C@H](c3nnc(-c4cnccn4)o3)C2)c2ccccc21. The number of hydrogen-bond donors (Lipinski definition) is 0. The van der Waals surface area contributed by atoms with Gasteiger partial charge in [-0.25, -0.2) is 4.98 Å². The Labute approximate surface area is 173 Å². The summed E-state index contributed by atoms with van der Waals surface area (Å²) in [5, 5.41) is 9.47. The number of carbonyl (C=O) groups is 1. The van der Waals surface area contributed by atoms with Crippen molar-refractivity contribution in [3.63, 3.8) is 0 Å². The zero-order chi connectivity index (χ0) is 20.5. The smallest absolute Gasteiger partial charge is 0.267 e. The number of aromatic nitrogens is 5. The second kappa shape index (κ2) is 7.70. The van der Waals surface area contributed by atoms with Crippen LogP contribution < -0.4 is 0 Å². The molecule has 1 aliphatic heterocycles. The van der Waals surface area contributed by atoms with E-state index in [0.717, 1.165) is 12.8 Å². The van der Waals surface area contributed by atoms with Crippen LogP contribution in [0.2, 0.25) is 0 Å². The number of amides is 1. The molecule has 152 valence electrons. The van der Waals surface area contributed by atoms with Crippen LogP contribution in [0.25, 0.3) is 22.5 Å². The van der Waals surface area contributed by atoms with E-state index in [1.807, 2.05) is 24.1 Å². The average molecular weight is 402 g/mol. The Balaban J connectivity index is 1.22. The van der Waals surface area contributed by atoms with Gasteiger partial charge >= 0.3 is 0 Å². The number of para-hydroxylation sites is 1. The molecule has 8 heteroatoms. The number of rotatable bonds is 5. The first-order valence-electron chi connectivity index (χ1n) is 10.1. The topological polar surface area (TPSA) is 89.9 Å². The molecule has 8 nitrogen and oxygen atoms in total. The highest BCUT2D eigenvalue weighted by Crippen LogP contribution is 2.29. The van der Waals surface area contributed by atoms with Gasteiger partial charge < -0.3 is 13.9 Å². The van der Waals surface area contributed by atoms with Gasteiger partial charge in [0.25, 0.3) is 5.89 Å². The van der Waals surface area contributed by atoms with Gasteiger partial charge in [0.1, 0.15) is 5.69 Å². The fourth-order valence-electron chi connectivity index (χ4n) is 4.13. The molecule has 1 amide bonds. The molecule has 0 N–H and O–H groups in total. The molecule has 0 unspecified atom stereocenters. The third-order valence-corrected chi connectivity index (χ3v) is 5.70. The summed E-state index contributed by atoms with van der Waals surface area (Å²) < 4.78 is 7.91. The Hall–Kier alpha value is -3.55. The first kappa shape index (κ1) is 18.5. The Morgan fingerprint density at radius 3 is 3.00 bits per heavy atom. The molecule has 3 aromatic heterocycles. The molecular formula is C22H22N6O2. The van der Waals surface area contributed by atoms with Gasteiger partial charge in [-0.1, -0.05) is 18.2 Å². The van der Waals surface area contributed by atoms with Gasteiger partial charge in [-0.05, 0) is 24.5 Å². The Bertz CT molecular complexity index is 1180. The minimum atomic E-state index is 0.0597. The van der Waals surface area contributed by atoms with Crippen molar-refractivity contribution >= 4 is 16.8 Å². The summed E-state index contributed by atoms with van der Waals surface area (Å²) in [5.41, 5.74) is 2.96. The standard InChI is InChI=1S/C22H22N6O2/c1-27-13-15(17-4-2-3-5-19(17)27)6-7-20(29)28-11-8-16(14-28)21-25-26-22(30-21)18-12-23-9-10-24-18/h2-5,9-10,12-13,16H,6-8,11,14H2,1H3/t16-/m0/s1. The quantitative estimate of drug-likeness (QED) is 0.510. The fraction of sp³-hybridized carbons (Fsp3) is 0.318. The van der Waals surface area contributed by atoms with Gasteiger partial charge in [0.15, 0.2) is 0 Å². The van der Waals surface area contributed by atoms with E-state index < -0.39 is 0 Å². The zero-order valence-corrected chi connectivity index (χ0v) is 16.7. The van der Waals surface area contributed by atoms with Gasteiger partial charge in [0.05, 0.1) is 12.1 Å². The average Bonchev–Trinajstić information content (AvgIpc) is 3.52. The van der Waals surface area contributed by atoms with E-state index in [1.54, 1.807) is 18.6 Å². The molecular weight excluding hydrogens is 380 g/mol. The molecule has 1 saturated heterocycles. The predicted octanol–water partition coefficient (Wildman–Crippen LogP) is 2.97. The van der Waals surface area contributed by atoms with Gasteiger partial charge in [-0.3, -0.25) is 9.78 Å². The number of carbonyl (C=O) groups excluding carboxylic acids is 1. The van der Waals surface area contributed by atoms with Crippen molar-refractivity contribution in [1.82, 2.24) is 29.6 Å². The first-order chi connectivity index (χ1) is 14.7. The van der Waals surface area contributed by atoms with Crippen molar-refractivity contribution in [3.05, 3.63) is 60.5 Å². The Morgan fingerprint density at radius 1 is 1.23 bits per heavy atom. The van der Waals surface area contributed by atoms with Crippen molar-refractivity contribution in [3.8, 4) is 11.6 Å². The van der Waals surface area contributed by atoms with E-state index in [-0.39, 0.29) is 11.8 Å². The molecule has 0 spiro atoms. The van der Waals surface area contributed by atoms with Gasteiger partial charge in [0, 0.05) is 56.1 Å². The summed E-state index contributed by atoms with van der Waals surface area (Å²) in [6, 6.07) is 8.30. The lowest BCUT2D eigenvalue weighted by molar-refractivity contribution is -0.130. The van der Waals surface area contributed by atoms with Crippen LogP contribution in [-0.2, 0) is 18.3 Å². The van der Waals surface area contributed by atoms with E-state index in [1.165, 1.54) is 16.5 Å². The van der Waals surface area contributed by atoms with Crippen LogP contribution in [-0.4, -0.2) is 48.6 Å². The minimum Gasteiger partial charge on any atom is -0.419 e. The third kappa shape index (κ3) is 3.45. The van der Waals surface area contributed by atoms with Crippen molar-refractivity contribution in [2.45, 2.75) is 25.2 Å². The van der Waals surface area contributed by atoms with E-state index in [2.05, 4.69) is 43.1 Å². The number of aryl methyl sites for hydroxylation is 2. The normalized spacial score (nSPS) is 16.4. The maximum Gasteiger partial charge on any atom is 0.267 e. The largest absolute Gasteiger partial charge is 0.419 e. The Morgan fingerprint density at radius 2 is 2.13 bits per heavy atom. The highest BCUT2D eigenvalue weighted by atomic mass is 16.4. The van der Waals surface area contributed by atoms with Crippen LogP contribution in [0.1, 0.15) is 30.2 Å². The maximum absolute atomic E-state index is 12.8. The van der Waals surface area contributed by atoms with E-state index in [0.29, 0.717) is 37.0 Å². The molecule has 1 atom stereocenters. The van der Waals surface area contributed by atoms with Gasteiger partial charge in [-0.15, -0.1) is 10.2 Å². The molecule has 0 bridgehead atoms. The van der Waals surface area contributed by atoms with E-state index in [9.17, 15) is 4.79 Å². The molecule has 1 fully saturated rings. The second-order valence-electron chi connectivity index (χ2n) is 7.64. The summed E-state index contributed by atoms with van der Waals surface area (Å²) in [4.78, 5) is 22.9. The van der Waals surface area contributed by atoms with Crippen molar-refractivity contribution < 1.29 is 9.21 Å². The number of fused-ring (bicyclic) bond motifs is 1. The van der Waals surface area contributed by atoms with Crippen molar-refractivity contribution in [1.29, 1.82) is 0 Å². The lowest BCUT2D eigenvalue weighted by Gasteiger charge is -2.15. The molecule has 30 heavy (non-hydrogen) atoms. The fourth-order valence-corrected chi connectivity index (χ4v) is 4.13. The van der Waals surface area contributed by atoms with Gasteiger partial charge in [0.2, 0.25) is 11.8 Å². The van der Waals surface area contributed by atoms with E-state index in [4.69, 9.17) is 4.42 Å². The molecule has 0 radical (unpaired) electrons. The first-order valence-corrected chi connectivity index (χ1v) is 10.1. The second-order valence-corrected chi connectivity index (χ2v) is 7.64. The summed E-state index contributed by atoms with van der Waals surface area (Å²) in [7, 11) is 2.04. The molecule has 0 saturated carbocycles. The number of benzene rings is 1. The van der Waals surface area contributed by atoms with Crippen LogP contribution in [0.4, 0.5) is 0 Å². The Kier molecular flexibility index (Phi) is 4.74. The van der Waals surface area contributed by atoms with Crippen LogP contribution >= 0.6 is 0 Å². The predicted molar refractivity (Wildman–Crippen MR) is 111 cm³/mol. The summed E-state index contributed by atoms with van der Waals surface area (Å²) in [5.74, 6) is 1.14. The summed E-state index contributed by atoms with van der Waals surface area (Å²) in [6.07, 6.45) is 8.95. The highest BCUT2D eigenvalue weighted by Gasteiger charge is 2.31. The van der Waals surface area contributed by atoms with Crippen molar-refractivity contribution in [2.75, 3.05) is 13.1 Å².